The van der Waals surface area contributed by atoms with Crippen LogP contribution < -0.4 is 0 Å². The van der Waals surface area contributed by atoms with Crippen molar-refractivity contribution in [2.45, 2.75) is 6.42 Å². The highest BCUT2D eigenvalue weighted by atomic mass is 16.5. The van der Waals surface area contributed by atoms with Gasteiger partial charge >= 0.3 is 6.09 Å². The molecule has 1 amide bonds. The summed E-state index contributed by atoms with van der Waals surface area (Å²) >= 11 is 0. The highest BCUT2D eigenvalue weighted by Crippen LogP contribution is 1.99. The lowest BCUT2D eigenvalue weighted by Crippen LogP contribution is -2.02. The van der Waals surface area contributed by atoms with Crippen molar-refractivity contribution in [3.63, 3.8) is 0 Å². The molecule has 0 aromatic heterocycles. The highest BCUT2D eigenvalue weighted by Gasteiger charge is 1.97. The van der Waals surface area contributed by atoms with Crippen molar-refractivity contribution in [1.82, 2.24) is 0 Å². The third-order valence-corrected chi connectivity index (χ3v) is 1.59. The minimum Gasteiger partial charge on any atom is -0.460 e. The Morgan fingerprint density at radius 2 is 2.14 bits per heavy atom. The first-order valence-corrected chi connectivity index (χ1v) is 4.08. The molecular formula is C9H9N3O2. The average molecular weight is 191 g/mol. The van der Waals surface area contributed by atoms with E-state index in [0.717, 1.165) is 5.56 Å². The van der Waals surface area contributed by atoms with Crippen LogP contribution in [0.15, 0.2) is 35.4 Å². The van der Waals surface area contributed by atoms with Crippen molar-refractivity contribution < 1.29 is 9.53 Å². The summed E-state index contributed by atoms with van der Waals surface area (Å²) in [6.07, 6.45) is -0.267. The molecule has 0 saturated heterocycles. The molecule has 0 heterocycles. The number of nitrogens with zero attached hydrogens (tertiary/aromatic N) is 3. The molecule has 5 heteroatoms. The minimum atomic E-state index is -0.886. The fourth-order valence-electron chi connectivity index (χ4n) is 0.966. The zero-order valence-corrected chi connectivity index (χ0v) is 7.46. The Balaban J connectivity index is 2.29. The van der Waals surface area contributed by atoms with Crippen LogP contribution in [0.5, 0.6) is 0 Å². The smallest absolute Gasteiger partial charge is 0.396 e. The lowest BCUT2D eigenvalue weighted by molar-refractivity contribution is 0.158. The minimum absolute atomic E-state index is 0.224. The van der Waals surface area contributed by atoms with E-state index in [9.17, 15) is 4.79 Å². The highest BCUT2D eigenvalue weighted by molar-refractivity contribution is 5.67. The number of azide groups is 1. The van der Waals surface area contributed by atoms with Crippen molar-refractivity contribution in [3.8, 4) is 0 Å². The topological polar surface area (TPSA) is 75.1 Å². The van der Waals surface area contributed by atoms with Gasteiger partial charge in [0.25, 0.3) is 0 Å². The third kappa shape index (κ3) is 3.60. The first kappa shape index (κ1) is 10.1. The summed E-state index contributed by atoms with van der Waals surface area (Å²) in [6.45, 7) is 0.224. The van der Waals surface area contributed by atoms with E-state index in [1.54, 1.807) is 0 Å². The van der Waals surface area contributed by atoms with Crippen molar-refractivity contribution in [3.05, 3.63) is 46.3 Å². The van der Waals surface area contributed by atoms with Gasteiger partial charge in [0.2, 0.25) is 0 Å². The van der Waals surface area contributed by atoms with Crippen LogP contribution >= 0.6 is 0 Å². The Hall–Kier alpha value is -2.00. The molecule has 0 fully saturated rings. The summed E-state index contributed by atoms with van der Waals surface area (Å²) < 4.78 is 4.63. The molecule has 0 aliphatic carbocycles. The van der Waals surface area contributed by atoms with Crippen LogP contribution in [0.2, 0.25) is 0 Å². The Bertz CT molecular complexity index is 344. The van der Waals surface area contributed by atoms with E-state index < -0.39 is 6.09 Å². The van der Waals surface area contributed by atoms with Crippen molar-refractivity contribution in [2.75, 3.05) is 6.61 Å². The molecule has 14 heavy (non-hydrogen) atoms. The fraction of sp³-hybridized carbons (Fsp3) is 0.222. The number of rotatable bonds is 3. The zero-order chi connectivity index (χ0) is 10.2. The second kappa shape index (κ2) is 5.61. The molecule has 0 unspecified atom stereocenters. The van der Waals surface area contributed by atoms with Gasteiger partial charge in [-0.25, -0.2) is 4.79 Å². The molecule has 0 radical (unpaired) electrons. The van der Waals surface area contributed by atoms with E-state index in [-0.39, 0.29) is 6.61 Å². The summed E-state index contributed by atoms with van der Waals surface area (Å²) in [7, 11) is 0. The molecule has 72 valence electrons. The lowest BCUT2D eigenvalue weighted by Gasteiger charge is -2.00. The second-order valence-electron chi connectivity index (χ2n) is 2.54. The fourth-order valence-corrected chi connectivity index (χ4v) is 0.966. The van der Waals surface area contributed by atoms with Crippen molar-refractivity contribution >= 4 is 6.09 Å². The van der Waals surface area contributed by atoms with E-state index >= 15 is 0 Å². The molecule has 1 aromatic carbocycles. The maximum absolute atomic E-state index is 10.6. The van der Waals surface area contributed by atoms with Gasteiger partial charge in [-0.15, -0.1) is 0 Å². The molecule has 1 rings (SSSR count). The summed E-state index contributed by atoms with van der Waals surface area (Å²) in [5.41, 5.74) is 8.98. The van der Waals surface area contributed by atoms with Gasteiger partial charge in [-0.2, -0.15) is 0 Å². The number of hydrogen-bond donors (Lipinski definition) is 0. The van der Waals surface area contributed by atoms with Crippen LogP contribution in [0, 0.1) is 0 Å². The van der Waals surface area contributed by atoms with Crippen LogP contribution in [-0.2, 0) is 11.2 Å². The predicted octanol–water partition coefficient (Wildman–Crippen LogP) is 2.68. The first-order valence-electron chi connectivity index (χ1n) is 4.08. The van der Waals surface area contributed by atoms with Gasteiger partial charge in [-0.1, -0.05) is 30.3 Å². The Morgan fingerprint density at radius 1 is 1.43 bits per heavy atom. The van der Waals surface area contributed by atoms with Gasteiger partial charge in [0.05, 0.1) is 6.61 Å². The summed E-state index contributed by atoms with van der Waals surface area (Å²) in [5, 5.41) is 2.78. The van der Waals surface area contributed by atoms with E-state index in [2.05, 4.69) is 14.8 Å². The van der Waals surface area contributed by atoms with E-state index in [1.165, 1.54) is 0 Å². The largest absolute Gasteiger partial charge is 0.460 e. The third-order valence-electron chi connectivity index (χ3n) is 1.59. The monoisotopic (exact) mass is 191 g/mol. The van der Waals surface area contributed by atoms with Gasteiger partial charge in [-0.05, 0) is 11.1 Å². The Labute approximate surface area is 80.9 Å². The van der Waals surface area contributed by atoms with Crippen LogP contribution in [0.3, 0.4) is 0 Å². The molecule has 0 saturated carbocycles. The SMILES string of the molecule is [N-]=[N+]=NC(=O)OCCc1ccccc1. The molecular weight excluding hydrogens is 182 g/mol. The van der Waals surface area contributed by atoms with Gasteiger partial charge in [0, 0.05) is 16.4 Å². The van der Waals surface area contributed by atoms with Gasteiger partial charge < -0.3 is 4.74 Å². The maximum Gasteiger partial charge on any atom is 0.396 e. The van der Waals surface area contributed by atoms with E-state index in [1.807, 2.05) is 30.3 Å². The molecule has 0 aliphatic heterocycles. The van der Waals surface area contributed by atoms with Crippen molar-refractivity contribution in [1.29, 1.82) is 0 Å². The van der Waals surface area contributed by atoms with E-state index in [4.69, 9.17) is 5.53 Å². The predicted molar refractivity (Wildman–Crippen MR) is 50.6 cm³/mol. The Morgan fingerprint density at radius 3 is 2.79 bits per heavy atom. The first-order chi connectivity index (χ1) is 6.83. The summed E-state index contributed by atoms with van der Waals surface area (Å²) in [6, 6.07) is 9.59. The molecule has 1 aromatic rings. The number of amides is 1. The number of carbonyl (C=O) groups is 1. The van der Waals surface area contributed by atoms with Crippen LogP contribution in [0.1, 0.15) is 5.56 Å². The molecule has 0 aliphatic rings. The van der Waals surface area contributed by atoms with Gasteiger partial charge in [0.15, 0.2) is 0 Å². The van der Waals surface area contributed by atoms with E-state index in [0.29, 0.717) is 6.42 Å². The molecule has 0 atom stereocenters. The lowest BCUT2D eigenvalue weighted by atomic mass is 10.2. The van der Waals surface area contributed by atoms with Crippen molar-refractivity contribution in [2.24, 2.45) is 5.11 Å². The van der Waals surface area contributed by atoms with Gasteiger partial charge in [-0.3, -0.25) is 0 Å². The number of ether oxygens (including phenoxy) is 1. The number of hydrogen-bond acceptors (Lipinski definition) is 2. The van der Waals surface area contributed by atoms with Gasteiger partial charge in [0.1, 0.15) is 0 Å². The summed E-state index contributed by atoms with van der Waals surface area (Å²) in [4.78, 5) is 12.9. The maximum atomic E-state index is 10.6. The average Bonchev–Trinajstić information content (AvgIpc) is 2.20. The standard InChI is InChI=1S/C9H9N3O2/c10-12-11-9(13)14-7-6-8-4-2-1-3-5-8/h1-5H,6-7H2. The van der Waals surface area contributed by atoms with Crippen LogP contribution in [0.25, 0.3) is 10.4 Å². The summed E-state index contributed by atoms with van der Waals surface area (Å²) in [5.74, 6) is 0. The molecule has 0 bridgehead atoms. The zero-order valence-electron chi connectivity index (χ0n) is 7.46. The second-order valence-corrected chi connectivity index (χ2v) is 2.54. The number of benzene rings is 1. The Kier molecular flexibility index (Phi) is 4.04. The molecule has 5 nitrogen and oxygen atoms in total. The van der Waals surface area contributed by atoms with Crippen LogP contribution in [-0.4, -0.2) is 12.7 Å². The normalized spacial score (nSPS) is 8.86. The molecule has 0 spiro atoms. The molecule has 0 N–H and O–H groups in total. The van der Waals surface area contributed by atoms with Crippen LogP contribution in [0.4, 0.5) is 4.79 Å². The quantitative estimate of drug-likeness (QED) is 0.418. The number of carbonyl (C=O) groups excluding carboxylic acids is 1.